The molecule has 0 aliphatic heterocycles. The Morgan fingerprint density at radius 3 is 1.33 bits per heavy atom. The van der Waals surface area contributed by atoms with Gasteiger partial charge < -0.3 is 0 Å². The van der Waals surface area contributed by atoms with Gasteiger partial charge in [0.15, 0.2) is 0 Å². The minimum Gasteiger partial charge on any atom is -0.119 e. The van der Waals surface area contributed by atoms with Crippen molar-refractivity contribution in [2.75, 3.05) is 26.4 Å². The van der Waals surface area contributed by atoms with Crippen LogP contribution >= 0.6 is 16.5 Å². The van der Waals surface area contributed by atoms with Crippen LogP contribution in [0, 0.1) is 0 Å². The first-order valence-electron chi connectivity index (χ1n) is 6.16. The molecule has 0 amide bonds. The Kier molecular flexibility index (Phi) is 13.5. The second kappa shape index (κ2) is 13.5. The van der Waals surface area contributed by atoms with Gasteiger partial charge in [-0.2, -0.15) is 0 Å². The Bertz CT molecular complexity index is 212. The summed E-state index contributed by atoms with van der Waals surface area (Å²) in [7, 11) is -4.20. The van der Waals surface area contributed by atoms with E-state index in [4.69, 9.17) is 18.1 Å². The average Bonchev–Trinajstić information content (AvgIpc) is 2.35. The molecule has 0 aliphatic rings. The second-order valence-electron chi connectivity index (χ2n) is 3.49. The summed E-state index contributed by atoms with van der Waals surface area (Å²) in [6, 6.07) is 0. The summed E-state index contributed by atoms with van der Waals surface area (Å²) in [6.07, 6.45) is 3.64. The van der Waals surface area contributed by atoms with Gasteiger partial charge in [-0.15, -0.1) is 18.1 Å². The minimum atomic E-state index is -2.10. The van der Waals surface area contributed by atoms with E-state index in [1.54, 1.807) is 0 Å². The maximum Gasteiger partial charge on any atom is 0.697 e. The van der Waals surface area contributed by atoms with Gasteiger partial charge in [0.25, 0.3) is 0 Å². The first-order chi connectivity index (χ1) is 8.70. The Hall–Kier alpha value is 0.0400. The van der Waals surface area contributed by atoms with Crippen molar-refractivity contribution in [1.82, 2.24) is 0 Å². The van der Waals surface area contributed by atoms with Gasteiger partial charge in [0.1, 0.15) is 26.4 Å². The molecular formula is C10H22O6P2+2. The highest BCUT2D eigenvalue weighted by Crippen LogP contribution is 2.26. The molecule has 0 aliphatic carbocycles. The second-order valence-corrected chi connectivity index (χ2v) is 5.41. The van der Waals surface area contributed by atoms with Crippen LogP contribution in [0.2, 0.25) is 0 Å². The highest BCUT2D eigenvalue weighted by Gasteiger charge is 2.23. The zero-order valence-electron chi connectivity index (χ0n) is 11.0. The van der Waals surface area contributed by atoms with Crippen molar-refractivity contribution in [2.24, 2.45) is 0 Å². The highest BCUT2D eigenvalue weighted by atomic mass is 31.1. The molecule has 0 aromatic heterocycles. The van der Waals surface area contributed by atoms with Crippen molar-refractivity contribution >= 4 is 16.5 Å². The molecule has 0 spiro atoms. The van der Waals surface area contributed by atoms with E-state index in [1.165, 1.54) is 0 Å². The number of hydrogen-bond donors (Lipinski definition) is 0. The topological polar surface area (TPSA) is 71.1 Å². The first kappa shape index (κ1) is 18.0. The van der Waals surface area contributed by atoms with Gasteiger partial charge in [-0.3, -0.25) is 0 Å². The Labute approximate surface area is 110 Å². The van der Waals surface area contributed by atoms with Gasteiger partial charge in [0, 0.05) is 9.13 Å². The Morgan fingerprint density at radius 2 is 1.00 bits per heavy atom. The first-order valence-corrected chi connectivity index (χ1v) is 8.36. The summed E-state index contributed by atoms with van der Waals surface area (Å²) in [5.41, 5.74) is 0. The summed E-state index contributed by atoms with van der Waals surface area (Å²) in [5.74, 6) is 0. The third-order valence-electron chi connectivity index (χ3n) is 1.87. The van der Waals surface area contributed by atoms with Crippen molar-refractivity contribution in [3.05, 3.63) is 0 Å². The fraction of sp³-hybridized carbons (Fsp3) is 1.00. The smallest absolute Gasteiger partial charge is 0.119 e. The van der Waals surface area contributed by atoms with Crippen LogP contribution in [-0.2, 0) is 27.2 Å². The monoisotopic (exact) mass is 300 g/mol. The molecule has 0 rings (SSSR count). The van der Waals surface area contributed by atoms with E-state index < -0.39 is 16.5 Å². The molecule has 0 fully saturated rings. The van der Waals surface area contributed by atoms with Crippen molar-refractivity contribution in [1.29, 1.82) is 0 Å². The molecule has 6 nitrogen and oxygen atoms in total. The summed E-state index contributed by atoms with van der Waals surface area (Å²) >= 11 is 0. The van der Waals surface area contributed by atoms with Crippen LogP contribution in [-0.4, -0.2) is 26.4 Å². The summed E-state index contributed by atoms with van der Waals surface area (Å²) in [4.78, 5) is 0. The van der Waals surface area contributed by atoms with Crippen molar-refractivity contribution in [3.63, 3.8) is 0 Å². The normalized spacial score (nSPS) is 12.6. The van der Waals surface area contributed by atoms with E-state index in [2.05, 4.69) is 0 Å². The fourth-order valence-electron chi connectivity index (χ4n) is 0.865. The zero-order valence-corrected chi connectivity index (χ0v) is 12.8. The molecule has 0 bridgehead atoms. The molecule has 0 N–H and O–H groups in total. The van der Waals surface area contributed by atoms with Gasteiger partial charge in [0.05, 0.1) is 0 Å². The average molecular weight is 300 g/mol. The van der Waals surface area contributed by atoms with E-state index in [9.17, 15) is 9.13 Å². The van der Waals surface area contributed by atoms with Crippen molar-refractivity contribution in [2.45, 2.75) is 39.5 Å². The maximum absolute atomic E-state index is 11.1. The zero-order chi connectivity index (χ0) is 13.6. The number of rotatable bonds is 13. The molecule has 2 atom stereocenters. The number of unbranched alkanes of at least 4 members (excludes halogenated alkanes) is 2. The van der Waals surface area contributed by atoms with Gasteiger partial charge in [-0.1, -0.05) is 26.7 Å². The molecule has 0 radical (unpaired) electrons. The lowest BCUT2D eigenvalue weighted by Crippen LogP contribution is -1.98. The lowest BCUT2D eigenvalue weighted by atomic mass is 10.4. The predicted octanol–water partition coefficient (Wildman–Crippen LogP) is 3.97. The van der Waals surface area contributed by atoms with Crippen LogP contribution < -0.4 is 0 Å². The molecule has 0 aromatic rings. The standard InChI is InChI=1S/C10H22O6P2/c1-3-5-7-13-17(11)15-9-10-16-18(12)14-8-6-4-2/h3-10H2,1-2H3/q+2. The van der Waals surface area contributed by atoms with Crippen molar-refractivity contribution in [3.8, 4) is 0 Å². The molecule has 8 heteroatoms. The molecule has 0 saturated heterocycles. The SMILES string of the molecule is CCCCO[P+](=O)OCCO[P+](=O)OCCCC. The summed E-state index contributed by atoms with van der Waals surface area (Å²) in [5, 5.41) is 0. The largest absolute Gasteiger partial charge is 0.697 e. The third kappa shape index (κ3) is 12.5. The molecule has 2 unspecified atom stereocenters. The molecule has 0 aromatic carbocycles. The van der Waals surface area contributed by atoms with Crippen LogP contribution in [0.25, 0.3) is 0 Å². The van der Waals surface area contributed by atoms with Gasteiger partial charge in [0.2, 0.25) is 0 Å². The van der Waals surface area contributed by atoms with Crippen LogP contribution in [0.5, 0.6) is 0 Å². The molecular weight excluding hydrogens is 278 g/mol. The van der Waals surface area contributed by atoms with Crippen molar-refractivity contribution < 1.29 is 27.2 Å². The predicted molar refractivity (Wildman–Crippen MR) is 68.8 cm³/mol. The van der Waals surface area contributed by atoms with E-state index >= 15 is 0 Å². The molecule has 0 saturated carbocycles. The minimum absolute atomic E-state index is 0.0690. The van der Waals surface area contributed by atoms with Crippen LogP contribution in [0.3, 0.4) is 0 Å². The quantitative estimate of drug-likeness (QED) is 0.378. The molecule has 106 valence electrons. The van der Waals surface area contributed by atoms with E-state index in [1.807, 2.05) is 13.8 Å². The van der Waals surface area contributed by atoms with Gasteiger partial charge in [-0.05, 0) is 12.8 Å². The van der Waals surface area contributed by atoms with Crippen LogP contribution in [0.15, 0.2) is 0 Å². The lowest BCUT2D eigenvalue weighted by molar-refractivity contribution is 0.166. The van der Waals surface area contributed by atoms with E-state index in [0.29, 0.717) is 13.2 Å². The number of hydrogen-bond acceptors (Lipinski definition) is 6. The van der Waals surface area contributed by atoms with Gasteiger partial charge >= 0.3 is 16.5 Å². The lowest BCUT2D eigenvalue weighted by Gasteiger charge is -1.90. The highest BCUT2D eigenvalue weighted by molar-refractivity contribution is 7.33. The van der Waals surface area contributed by atoms with E-state index in [0.717, 1.165) is 25.7 Å². The van der Waals surface area contributed by atoms with Crippen LogP contribution in [0.1, 0.15) is 39.5 Å². The molecule has 18 heavy (non-hydrogen) atoms. The fourth-order valence-corrected chi connectivity index (χ4v) is 2.02. The Morgan fingerprint density at radius 1 is 0.667 bits per heavy atom. The third-order valence-corrected chi connectivity index (χ3v) is 3.44. The summed E-state index contributed by atoms with van der Waals surface area (Å²) < 4.78 is 41.7. The summed E-state index contributed by atoms with van der Waals surface area (Å²) in [6.45, 7) is 5.00. The maximum atomic E-state index is 11.1. The van der Waals surface area contributed by atoms with Gasteiger partial charge in [-0.25, -0.2) is 0 Å². The Balaban J connectivity index is 3.32. The van der Waals surface area contributed by atoms with Crippen LogP contribution in [0.4, 0.5) is 0 Å². The molecule has 0 heterocycles. The van der Waals surface area contributed by atoms with E-state index in [-0.39, 0.29) is 13.2 Å².